The largest absolute Gasteiger partial charge is 0.312 e. The number of nitrogens with one attached hydrogen (secondary N) is 1. The van der Waals surface area contributed by atoms with Gasteiger partial charge in [0, 0.05) is 11.6 Å². The van der Waals surface area contributed by atoms with E-state index in [9.17, 15) is 12.8 Å². The van der Waals surface area contributed by atoms with Crippen LogP contribution in [-0.4, -0.2) is 26.5 Å². The zero-order chi connectivity index (χ0) is 13.2. The number of hydrogen-bond donors (Lipinski definition) is 1. The van der Waals surface area contributed by atoms with E-state index < -0.39 is 9.84 Å². The third kappa shape index (κ3) is 3.67. The molecule has 1 unspecified atom stereocenters. The number of hydrogen-bond acceptors (Lipinski definition) is 3. The predicted molar refractivity (Wildman–Crippen MR) is 69.9 cm³/mol. The van der Waals surface area contributed by atoms with E-state index in [1.54, 1.807) is 0 Å². The van der Waals surface area contributed by atoms with Gasteiger partial charge in [0.1, 0.15) is 5.82 Å². The van der Waals surface area contributed by atoms with Crippen molar-refractivity contribution in [2.24, 2.45) is 5.92 Å². The van der Waals surface area contributed by atoms with Gasteiger partial charge in [0.05, 0.1) is 11.5 Å². The molecule has 1 aromatic rings. The summed E-state index contributed by atoms with van der Waals surface area (Å²) >= 11 is 5.93. The summed E-state index contributed by atoms with van der Waals surface area (Å²) in [5.41, 5.74) is 0.692. The van der Waals surface area contributed by atoms with Gasteiger partial charge in [0.25, 0.3) is 0 Å². The molecular weight excluding hydrogens is 277 g/mol. The van der Waals surface area contributed by atoms with Crippen molar-refractivity contribution in [2.75, 3.05) is 18.1 Å². The summed E-state index contributed by atoms with van der Waals surface area (Å²) in [6.45, 7) is 1.07. The Morgan fingerprint density at radius 1 is 1.44 bits per heavy atom. The fourth-order valence-electron chi connectivity index (χ4n) is 2.12. The van der Waals surface area contributed by atoms with E-state index in [0.717, 1.165) is 0 Å². The van der Waals surface area contributed by atoms with Crippen molar-refractivity contribution in [2.45, 2.75) is 13.0 Å². The summed E-state index contributed by atoms with van der Waals surface area (Å²) in [6.07, 6.45) is 0.701. The molecule has 1 aliphatic heterocycles. The smallest absolute Gasteiger partial charge is 0.150 e. The van der Waals surface area contributed by atoms with E-state index >= 15 is 0 Å². The zero-order valence-electron chi connectivity index (χ0n) is 9.83. The number of sulfone groups is 1. The van der Waals surface area contributed by atoms with Crippen molar-refractivity contribution in [1.82, 2.24) is 5.32 Å². The summed E-state index contributed by atoms with van der Waals surface area (Å²) in [6, 6.07) is 4.23. The van der Waals surface area contributed by atoms with Crippen LogP contribution in [0.2, 0.25) is 5.02 Å². The normalized spacial score (nSPS) is 22.2. The molecule has 0 spiro atoms. The average Bonchev–Trinajstić information content (AvgIpc) is 2.63. The van der Waals surface area contributed by atoms with Crippen LogP contribution >= 0.6 is 11.6 Å². The summed E-state index contributed by atoms with van der Waals surface area (Å²) in [4.78, 5) is 0. The summed E-state index contributed by atoms with van der Waals surface area (Å²) in [5, 5.41) is 3.65. The molecule has 18 heavy (non-hydrogen) atoms. The Hall–Kier alpha value is -0.650. The molecular formula is C12H15ClFNO2S. The van der Waals surface area contributed by atoms with Gasteiger partial charge in [-0.25, -0.2) is 12.8 Å². The first-order valence-corrected chi connectivity index (χ1v) is 8.01. The maximum absolute atomic E-state index is 13.0. The molecule has 0 saturated carbocycles. The molecule has 100 valence electrons. The van der Waals surface area contributed by atoms with Crippen molar-refractivity contribution in [3.8, 4) is 0 Å². The Balaban J connectivity index is 1.84. The average molecular weight is 292 g/mol. The third-order valence-electron chi connectivity index (χ3n) is 3.08. The third-order valence-corrected chi connectivity index (χ3v) is 5.29. The minimum atomic E-state index is -2.83. The molecule has 6 heteroatoms. The van der Waals surface area contributed by atoms with Crippen LogP contribution in [0.5, 0.6) is 0 Å². The first kappa shape index (κ1) is 13.8. The monoisotopic (exact) mass is 291 g/mol. The highest BCUT2D eigenvalue weighted by atomic mass is 35.5. The van der Waals surface area contributed by atoms with Crippen molar-refractivity contribution in [1.29, 1.82) is 0 Å². The van der Waals surface area contributed by atoms with Crippen molar-refractivity contribution >= 4 is 21.4 Å². The van der Waals surface area contributed by atoms with Gasteiger partial charge in [-0.2, -0.15) is 0 Å². The summed E-state index contributed by atoms with van der Waals surface area (Å²) < 4.78 is 35.6. The van der Waals surface area contributed by atoms with E-state index in [0.29, 0.717) is 30.1 Å². The second-order valence-corrected chi connectivity index (χ2v) is 7.27. The van der Waals surface area contributed by atoms with Gasteiger partial charge in [-0.3, -0.25) is 0 Å². The van der Waals surface area contributed by atoms with Gasteiger partial charge >= 0.3 is 0 Å². The fraction of sp³-hybridized carbons (Fsp3) is 0.500. The van der Waals surface area contributed by atoms with Crippen molar-refractivity contribution in [3.05, 3.63) is 34.6 Å². The van der Waals surface area contributed by atoms with Crippen LogP contribution in [0.1, 0.15) is 12.0 Å². The predicted octanol–water partition coefficient (Wildman–Crippen LogP) is 2.00. The van der Waals surface area contributed by atoms with E-state index in [-0.39, 0.29) is 23.2 Å². The highest BCUT2D eigenvalue weighted by Crippen LogP contribution is 2.19. The molecule has 1 atom stereocenters. The van der Waals surface area contributed by atoms with Crippen LogP contribution in [0.3, 0.4) is 0 Å². The lowest BCUT2D eigenvalue weighted by Crippen LogP contribution is -2.23. The zero-order valence-corrected chi connectivity index (χ0v) is 11.4. The fourth-order valence-corrected chi connectivity index (χ4v) is 4.17. The molecule has 1 heterocycles. The lowest BCUT2D eigenvalue weighted by molar-refractivity contribution is 0.519. The summed E-state index contributed by atoms with van der Waals surface area (Å²) in [5.74, 6) is 0.360. The van der Waals surface area contributed by atoms with Crippen LogP contribution in [0.25, 0.3) is 0 Å². The standard InChI is InChI=1S/C12H15ClFNO2S/c13-12-2-1-11(14)5-10(12)7-15-6-9-3-4-18(16,17)8-9/h1-2,5,9,15H,3-4,6-8H2. The Morgan fingerprint density at radius 2 is 2.22 bits per heavy atom. The first-order valence-electron chi connectivity index (χ1n) is 5.81. The highest BCUT2D eigenvalue weighted by molar-refractivity contribution is 7.91. The molecule has 0 amide bonds. The van der Waals surface area contributed by atoms with Gasteiger partial charge in [-0.1, -0.05) is 11.6 Å². The first-order chi connectivity index (χ1) is 8.46. The van der Waals surface area contributed by atoms with Gasteiger partial charge < -0.3 is 5.32 Å². The van der Waals surface area contributed by atoms with Crippen LogP contribution in [0, 0.1) is 11.7 Å². The second-order valence-electron chi connectivity index (χ2n) is 4.64. The molecule has 0 radical (unpaired) electrons. The number of benzene rings is 1. The Kier molecular flexibility index (Phi) is 4.25. The Bertz CT molecular complexity index is 533. The summed E-state index contributed by atoms with van der Waals surface area (Å²) in [7, 11) is -2.83. The van der Waals surface area contributed by atoms with Crippen molar-refractivity contribution < 1.29 is 12.8 Å². The van der Waals surface area contributed by atoms with Crippen LogP contribution in [0.15, 0.2) is 18.2 Å². The van der Waals surface area contributed by atoms with E-state index in [4.69, 9.17) is 11.6 Å². The lowest BCUT2D eigenvalue weighted by Gasteiger charge is -2.10. The van der Waals surface area contributed by atoms with Gasteiger partial charge in [-0.05, 0) is 42.6 Å². The molecule has 3 nitrogen and oxygen atoms in total. The van der Waals surface area contributed by atoms with Crippen LogP contribution in [-0.2, 0) is 16.4 Å². The lowest BCUT2D eigenvalue weighted by atomic mass is 10.1. The molecule has 0 aliphatic carbocycles. The number of rotatable bonds is 4. The SMILES string of the molecule is O=S1(=O)CCC(CNCc2cc(F)ccc2Cl)C1. The van der Waals surface area contributed by atoms with E-state index in [1.165, 1.54) is 18.2 Å². The minimum Gasteiger partial charge on any atom is -0.312 e. The molecule has 0 bridgehead atoms. The van der Waals surface area contributed by atoms with Crippen molar-refractivity contribution in [3.63, 3.8) is 0 Å². The van der Waals surface area contributed by atoms with E-state index in [1.807, 2.05) is 0 Å². The Labute approximate surface area is 111 Å². The topological polar surface area (TPSA) is 46.2 Å². The molecule has 1 saturated heterocycles. The molecule has 2 rings (SSSR count). The second kappa shape index (κ2) is 5.55. The van der Waals surface area contributed by atoms with Gasteiger partial charge in [0.2, 0.25) is 0 Å². The molecule has 0 aromatic heterocycles. The molecule has 1 aliphatic rings. The Morgan fingerprint density at radius 3 is 2.89 bits per heavy atom. The molecule has 1 aromatic carbocycles. The highest BCUT2D eigenvalue weighted by Gasteiger charge is 2.27. The van der Waals surface area contributed by atoms with Crippen LogP contribution in [0.4, 0.5) is 4.39 Å². The van der Waals surface area contributed by atoms with Gasteiger partial charge in [-0.15, -0.1) is 0 Å². The van der Waals surface area contributed by atoms with Crippen LogP contribution < -0.4 is 5.32 Å². The maximum Gasteiger partial charge on any atom is 0.150 e. The maximum atomic E-state index is 13.0. The van der Waals surface area contributed by atoms with Gasteiger partial charge in [0.15, 0.2) is 9.84 Å². The molecule has 1 fully saturated rings. The minimum absolute atomic E-state index is 0.155. The quantitative estimate of drug-likeness (QED) is 0.923. The molecule has 1 N–H and O–H groups in total. The van der Waals surface area contributed by atoms with E-state index in [2.05, 4.69) is 5.32 Å². The number of halogens is 2.